The fourth-order valence-corrected chi connectivity index (χ4v) is 2.78. The van der Waals surface area contributed by atoms with E-state index in [0.717, 1.165) is 11.6 Å². The van der Waals surface area contributed by atoms with Crippen molar-refractivity contribution in [2.24, 2.45) is 0 Å². The fourth-order valence-electron chi connectivity index (χ4n) is 2.67. The molecule has 0 unspecified atom stereocenters. The van der Waals surface area contributed by atoms with Crippen LogP contribution in [0.2, 0.25) is 5.02 Å². The van der Waals surface area contributed by atoms with Crippen LogP contribution in [0.1, 0.15) is 5.56 Å². The number of hydrogen-bond donors (Lipinski definition) is 2. The molecule has 8 heteroatoms. The van der Waals surface area contributed by atoms with Gasteiger partial charge in [-0.2, -0.15) is 4.98 Å². The van der Waals surface area contributed by atoms with Gasteiger partial charge in [-0.1, -0.05) is 28.4 Å². The predicted octanol–water partition coefficient (Wildman–Crippen LogP) is 4.05. The average Bonchev–Trinajstić information content (AvgIpc) is 3.08. The lowest BCUT2D eigenvalue weighted by Crippen LogP contribution is -2.09. The molecule has 0 spiro atoms. The number of aromatic amines is 1. The van der Waals surface area contributed by atoms with Crippen LogP contribution in [0, 0.1) is 12.7 Å². The number of aromatic hydroxyl groups is 1. The Balaban J connectivity index is 1.87. The van der Waals surface area contributed by atoms with E-state index in [1.165, 1.54) is 12.1 Å². The summed E-state index contributed by atoms with van der Waals surface area (Å²) in [6.07, 6.45) is 0. The van der Waals surface area contributed by atoms with Crippen LogP contribution in [-0.2, 0) is 0 Å². The second-order valence-corrected chi connectivity index (χ2v) is 6.19. The SMILES string of the molecule is Cc1ccc2[nH]c(=O)c(-c3nc(-c4ccc(Cl)c(F)c4)no3)c(O)c2c1. The molecule has 2 aromatic heterocycles. The van der Waals surface area contributed by atoms with Crippen molar-refractivity contribution in [3.8, 4) is 28.6 Å². The van der Waals surface area contributed by atoms with Gasteiger partial charge in [0, 0.05) is 10.9 Å². The normalized spacial score (nSPS) is 11.2. The zero-order valence-corrected chi connectivity index (χ0v) is 14.1. The number of benzene rings is 2. The third-order valence-electron chi connectivity index (χ3n) is 3.96. The maximum absolute atomic E-state index is 13.6. The summed E-state index contributed by atoms with van der Waals surface area (Å²) in [7, 11) is 0. The lowest BCUT2D eigenvalue weighted by atomic mass is 10.1. The number of aromatic nitrogens is 3. The highest BCUT2D eigenvalue weighted by Crippen LogP contribution is 2.32. The van der Waals surface area contributed by atoms with Crippen LogP contribution in [0.15, 0.2) is 45.7 Å². The van der Waals surface area contributed by atoms with Crippen LogP contribution in [-0.4, -0.2) is 20.2 Å². The largest absolute Gasteiger partial charge is 0.506 e. The molecule has 2 aromatic carbocycles. The molecule has 0 aliphatic heterocycles. The van der Waals surface area contributed by atoms with Gasteiger partial charge < -0.3 is 14.6 Å². The molecular weight excluding hydrogens is 361 g/mol. The third-order valence-corrected chi connectivity index (χ3v) is 4.27. The van der Waals surface area contributed by atoms with Gasteiger partial charge in [0.2, 0.25) is 5.82 Å². The van der Waals surface area contributed by atoms with Gasteiger partial charge in [0.15, 0.2) is 0 Å². The Kier molecular flexibility index (Phi) is 3.73. The monoisotopic (exact) mass is 371 g/mol. The lowest BCUT2D eigenvalue weighted by molar-refractivity contribution is 0.426. The minimum atomic E-state index is -0.627. The Bertz CT molecular complexity index is 1220. The first kappa shape index (κ1) is 16.3. The number of rotatable bonds is 2. The van der Waals surface area contributed by atoms with E-state index in [4.69, 9.17) is 16.1 Å². The molecule has 2 heterocycles. The van der Waals surface area contributed by atoms with Crippen molar-refractivity contribution < 1.29 is 14.0 Å². The minimum Gasteiger partial charge on any atom is -0.506 e. The number of pyridine rings is 1. The number of H-pyrrole nitrogens is 1. The molecular formula is C18H11ClFN3O3. The molecule has 2 N–H and O–H groups in total. The standard InChI is InChI=1S/C18H11ClFN3O3/c1-8-2-5-13-10(6-8)15(24)14(17(25)21-13)18-22-16(23-26-18)9-3-4-11(19)12(20)7-9/h2-7H,1H3,(H2,21,24,25). The van der Waals surface area contributed by atoms with Crippen molar-refractivity contribution in [1.82, 2.24) is 15.1 Å². The Labute approximate surface area is 150 Å². The molecule has 0 bridgehead atoms. The zero-order chi connectivity index (χ0) is 18.4. The summed E-state index contributed by atoms with van der Waals surface area (Å²) in [4.78, 5) is 19.1. The molecule has 6 nitrogen and oxygen atoms in total. The van der Waals surface area contributed by atoms with Crippen molar-refractivity contribution in [3.63, 3.8) is 0 Å². The Morgan fingerprint density at radius 2 is 2.04 bits per heavy atom. The van der Waals surface area contributed by atoms with E-state index in [-0.39, 0.29) is 28.1 Å². The van der Waals surface area contributed by atoms with E-state index in [1.54, 1.807) is 12.1 Å². The molecule has 130 valence electrons. The number of hydrogen-bond acceptors (Lipinski definition) is 5. The Hall–Kier alpha value is -3.19. The topological polar surface area (TPSA) is 92.0 Å². The molecule has 0 radical (unpaired) electrons. The molecule has 26 heavy (non-hydrogen) atoms. The predicted molar refractivity (Wildman–Crippen MR) is 94.7 cm³/mol. The van der Waals surface area contributed by atoms with Gasteiger partial charge in [-0.05, 0) is 37.3 Å². The second kappa shape index (κ2) is 5.96. The van der Waals surface area contributed by atoms with Gasteiger partial charge in [-0.3, -0.25) is 4.79 Å². The summed E-state index contributed by atoms with van der Waals surface area (Å²) >= 11 is 5.66. The van der Waals surface area contributed by atoms with E-state index in [0.29, 0.717) is 16.5 Å². The maximum atomic E-state index is 13.6. The summed E-state index contributed by atoms with van der Waals surface area (Å²) < 4.78 is 18.7. The summed E-state index contributed by atoms with van der Waals surface area (Å²) in [5.41, 5.74) is 1.01. The highest BCUT2D eigenvalue weighted by molar-refractivity contribution is 6.30. The molecule has 4 rings (SSSR count). The van der Waals surface area contributed by atoms with Gasteiger partial charge in [-0.15, -0.1) is 0 Å². The van der Waals surface area contributed by atoms with Crippen LogP contribution >= 0.6 is 11.6 Å². The molecule has 0 aliphatic carbocycles. The number of fused-ring (bicyclic) bond motifs is 1. The fraction of sp³-hybridized carbons (Fsp3) is 0.0556. The maximum Gasteiger partial charge on any atom is 0.267 e. The molecule has 0 saturated carbocycles. The summed E-state index contributed by atoms with van der Waals surface area (Å²) in [5, 5.41) is 14.7. The van der Waals surface area contributed by atoms with E-state index in [2.05, 4.69) is 15.1 Å². The molecule has 0 fully saturated rings. The summed E-state index contributed by atoms with van der Waals surface area (Å²) in [6, 6.07) is 9.29. The second-order valence-electron chi connectivity index (χ2n) is 5.78. The summed E-state index contributed by atoms with van der Waals surface area (Å²) in [5.74, 6) is -0.987. The van der Waals surface area contributed by atoms with E-state index >= 15 is 0 Å². The van der Waals surface area contributed by atoms with Gasteiger partial charge in [-0.25, -0.2) is 4.39 Å². The first-order valence-electron chi connectivity index (χ1n) is 7.59. The van der Waals surface area contributed by atoms with Crippen LogP contribution in [0.25, 0.3) is 33.7 Å². The smallest absolute Gasteiger partial charge is 0.267 e. The summed E-state index contributed by atoms with van der Waals surface area (Å²) in [6.45, 7) is 1.86. The highest BCUT2D eigenvalue weighted by atomic mass is 35.5. The highest BCUT2D eigenvalue weighted by Gasteiger charge is 2.21. The Morgan fingerprint density at radius 3 is 2.81 bits per heavy atom. The van der Waals surface area contributed by atoms with Crippen LogP contribution in [0.4, 0.5) is 4.39 Å². The zero-order valence-electron chi connectivity index (χ0n) is 13.4. The van der Waals surface area contributed by atoms with Crippen LogP contribution in [0.5, 0.6) is 5.75 Å². The quantitative estimate of drug-likeness (QED) is 0.554. The molecule has 4 aromatic rings. The first-order valence-corrected chi connectivity index (χ1v) is 7.97. The van der Waals surface area contributed by atoms with Gasteiger partial charge >= 0.3 is 0 Å². The number of aryl methyl sites for hydroxylation is 1. The number of nitrogens with one attached hydrogen (secondary N) is 1. The number of halogens is 2. The van der Waals surface area contributed by atoms with Crippen molar-refractivity contribution in [2.75, 3.05) is 0 Å². The van der Waals surface area contributed by atoms with E-state index < -0.39 is 11.4 Å². The lowest BCUT2D eigenvalue weighted by Gasteiger charge is -2.05. The van der Waals surface area contributed by atoms with Gasteiger partial charge in [0.05, 0.1) is 10.5 Å². The van der Waals surface area contributed by atoms with Crippen molar-refractivity contribution in [1.29, 1.82) is 0 Å². The van der Waals surface area contributed by atoms with Crippen molar-refractivity contribution in [3.05, 3.63) is 63.2 Å². The first-order chi connectivity index (χ1) is 12.4. The Morgan fingerprint density at radius 1 is 1.23 bits per heavy atom. The van der Waals surface area contributed by atoms with Crippen LogP contribution in [0.3, 0.4) is 0 Å². The molecule has 0 saturated heterocycles. The minimum absolute atomic E-state index is 0.0311. The number of nitrogens with zero attached hydrogens (tertiary/aromatic N) is 2. The third kappa shape index (κ3) is 2.62. The van der Waals surface area contributed by atoms with Gasteiger partial charge in [0.1, 0.15) is 17.1 Å². The molecule has 0 atom stereocenters. The van der Waals surface area contributed by atoms with Crippen molar-refractivity contribution >= 4 is 22.5 Å². The van der Waals surface area contributed by atoms with E-state index in [1.807, 2.05) is 13.0 Å². The van der Waals surface area contributed by atoms with Crippen LogP contribution < -0.4 is 5.56 Å². The average molecular weight is 372 g/mol. The van der Waals surface area contributed by atoms with Gasteiger partial charge in [0.25, 0.3) is 11.4 Å². The molecule has 0 aliphatic rings. The van der Waals surface area contributed by atoms with Crippen molar-refractivity contribution in [2.45, 2.75) is 6.92 Å². The molecule has 0 amide bonds. The van der Waals surface area contributed by atoms with E-state index in [9.17, 15) is 14.3 Å².